The van der Waals surface area contributed by atoms with Crippen LogP contribution < -0.4 is 10.6 Å². The number of aliphatic carboxylic acids is 1. The maximum Gasteiger partial charge on any atom is 0.320 e. The van der Waals surface area contributed by atoms with Crippen molar-refractivity contribution >= 4 is 22.8 Å². The quantitative estimate of drug-likeness (QED) is 0.663. The molecule has 1 aromatic carbocycles. The maximum atomic E-state index is 12.0. The van der Waals surface area contributed by atoms with E-state index in [1.54, 1.807) is 0 Å². The third kappa shape index (κ3) is 3.12. The van der Waals surface area contributed by atoms with Gasteiger partial charge in [0.2, 0.25) is 5.91 Å². The van der Waals surface area contributed by atoms with Crippen LogP contribution >= 0.6 is 0 Å². The van der Waals surface area contributed by atoms with Gasteiger partial charge in [-0.2, -0.15) is 0 Å². The number of carboxylic acids is 1. The summed E-state index contributed by atoms with van der Waals surface area (Å²) in [5.41, 5.74) is 2.16. The summed E-state index contributed by atoms with van der Waals surface area (Å²) in [7, 11) is 0. The average molecular weight is 301 g/mol. The summed E-state index contributed by atoms with van der Waals surface area (Å²) in [5.74, 6) is -1.02. The number of carbonyl (C=O) groups is 2. The van der Waals surface area contributed by atoms with Crippen molar-refractivity contribution in [1.82, 2.24) is 15.6 Å². The van der Waals surface area contributed by atoms with Gasteiger partial charge in [-0.1, -0.05) is 18.2 Å². The highest BCUT2D eigenvalue weighted by molar-refractivity contribution is 5.84. The fraction of sp³-hybridized carbons (Fsp3) is 0.375. The Hall–Kier alpha value is -2.34. The molecule has 4 N–H and O–H groups in total. The SMILES string of the molecule is O=C(O)[C@@H]1CC[C@H](C(=O)NCCc2cc3ccccc3[nH]2)N1. The van der Waals surface area contributed by atoms with Crippen LogP contribution in [0.3, 0.4) is 0 Å². The van der Waals surface area contributed by atoms with Gasteiger partial charge in [0, 0.05) is 24.2 Å². The number of para-hydroxylation sites is 1. The average Bonchev–Trinajstić information content (AvgIpc) is 3.13. The van der Waals surface area contributed by atoms with E-state index < -0.39 is 18.1 Å². The van der Waals surface area contributed by atoms with E-state index in [9.17, 15) is 9.59 Å². The van der Waals surface area contributed by atoms with Crippen molar-refractivity contribution in [3.63, 3.8) is 0 Å². The highest BCUT2D eigenvalue weighted by Crippen LogP contribution is 2.15. The molecule has 2 atom stereocenters. The molecule has 1 amide bonds. The Balaban J connectivity index is 1.48. The number of fused-ring (bicyclic) bond motifs is 1. The summed E-state index contributed by atoms with van der Waals surface area (Å²) in [6.45, 7) is 0.529. The van der Waals surface area contributed by atoms with Gasteiger partial charge >= 0.3 is 5.97 Å². The smallest absolute Gasteiger partial charge is 0.320 e. The molecule has 3 rings (SSSR count). The molecule has 22 heavy (non-hydrogen) atoms. The molecule has 1 fully saturated rings. The number of hydrogen-bond donors (Lipinski definition) is 4. The molecule has 0 bridgehead atoms. The van der Waals surface area contributed by atoms with Crippen molar-refractivity contribution in [2.24, 2.45) is 0 Å². The van der Waals surface area contributed by atoms with E-state index in [0.29, 0.717) is 19.4 Å². The van der Waals surface area contributed by atoms with Crippen molar-refractivity contribution < 1.29 is 14.7 Å². The van der Waals surface area contributed by atoms with Crippen LogP contribution in [0.25, 0.3) is 10.9 Å². The van der Waals surface area contributed by atoms with E-state index in [4.69, 9.17) is 5.11 Å². The van der Waals surface area contributed by atoms with Crippen LogP contribution in [0.1, 0.15) is 18.5 Å². The Bertz CT molecular complexity index is 662. The molecule has 2 heterocycles. The van der Waals surface area contributed by atoms with Crippen LogP contribution in [0.5, 0.6) is 0 Å². The molecule has 1 aliphatic rings. The Morgan fingerprint density at radius 1 is 1.23 bits per heavy atom. The third-order valence-electron chi connectivity index (χ3n) is 4.04. The molecule has 116 valence electrons. The van der Waals surface area contributed by atoms with Crippen molar-refractivity contribution in [2.75, 3.05) is 6.54 Å². The summed E-state index contributed by atoms with van der Waals surface area (Å²) >= 11 is 0. The number of rotatable bonds is 5. The minimum atomic E-state index is -0.895. The third-order valence-corrected chi connectivity index (χ3v) is 4.04. The second-order valence-electron chi connectivity index (χ2n) is 5.61. The standard InChI is InChI=1S/C16H19N3O3/c20-15(13-5-6-14(19-13)16(21)22)17-8-7-11-9-10-3-1-2-4-12(10)18-11/h1-4,9,13-14,18-19H,5-8H2,(H,17,20)(H,21,22)/t13-,14+/m1/s1. The summed E-state index contributed by atoms with van der Waals surface area (Å²) in [6, 6.07) is 9.11. The maximum absolute atomic E-state index is 12.0. The molecule has 1 aromatic heterocycles. The molecule has 0 saturated carbocycles. The second kappa shape index (κ2) is 6.19. The van der Waals surface area contributed by atoms with Gasteiger partial charge in [-0.25, -0.2) is 0 Å². The first-order valence-corrected chi connectivity index (χ1v) is 7.46. The van der Waals surface area contributed by atoms with E-state index in [-0.39, 0.29) is 5.91 Å². The first-order valence-electron chi connectivity index (χ1n) is 7.46. The summed E-state index contributed by atoms with van der Waals surface area (Å²) < 4.78 is 0. The van der Waals surface area contributed by atoms with E-state index in [2.05, 4.69) is 21.7 Å². The first-order chi connectivity index (χ1) is 10.6. The Morgan fingerprint density at radius 2 is 2.00 bits per heavy atom. The van der Waals surface area contributed by atoms with Crippen molar-refractivity contribution in [3.05, 3.63) is 36.0 Å². The van der Waals surface area contributed by atoms with Gasteiger partial charge in [-0.3, -0.25) is 14.9 Å². The zero-order chi connectivity index (χ0) is 15.5. The van der Waals surface area contributed by atoms with Crippen LogP contribution in [0, 0.1) is 0 Å². The molecule has 1 aliphatic heterocycles. The number of carboxylic acid groups (broad SMARTS) is 1. The lowest BCUT2D eigenvalue weighted by molar-refractivity contribution is -0.139. The van der Waals surface area contributed by atoms with Crippen LogP contribution in [0.15, 0.2) is 30.3 Å². The fourth-order valence-corrected chi connectivity index (χ4v) is 2.86. The Labute approximate surface area is 127 Å². The molecular formula is C16H19N3O3. The minimum absolute atomic E-state index is 0.125. The first kappa shape index (κ1) is 14.6. The predicted molar refractivity (Wildman–Crippen MR) is 82.6 cm³/mol. The number of hydrogen-bond acceptors (Lipinski definition) is 3. The van der Waals surface area contributed by atoms with Crippen LogP contribution in [-0.4, -0.2) is 40.6 Å². The summed E-state index contributed by atoms with van der Waals surface area (Å²) in [6.07, 6.45) is 1.78. The molecule has 1 saturated heterocycles. The fourth-order valence-electron chi connectivity index (χ4n) is 2.86. The molecule has 0 spiro atoms. The zero-order valence-electron chi connectivity index (χ0n) is 12.1. The number of amides is 1. The van der Waals surface area contributed by atoms with Gasteiger partial charge in [0.05, 0.1) is 6.04 Å². The topological polar surface area (TPSA) is 94.2 Å². The lowest BCUT2D eigenvalue weighted by Crippen LogP contribution is -2.45. The highest BCUT2D eigenvalue weighted by atomic mass is 16.4. The van der Waals surface area contributed by atoms with E-state index in [1.165, 1.54) is 0 Å². The number of aromatic amines is 1. The number of carbonyl (C=O) groups excluding carboxylic acids is 1. The highest BCUT2D eigenvalue weighted by Gasteiger charge is 2.32. The molecule has 6 heteroatoms. The summed E-state index contributed by atoms with van der Waals surface area (Å²) in [5, 5.41) is 15.8. The van der Waals surface area contributed by atoms with Gasteiger partial charge in [0.1, 0.15) is 6.04 Å². The van der Waals surface area contributed by atoms with Crippen molar-refractivity contribution in [1.29, 1.82) is 0 Å². The van der Waals surface area contributed by atoms with Crippen LogP contribution in [-0.2, 0) is 16.0 Å². The van der Waals surface area contributed by atoms with Gasteiger partial charge < -0.3 is 15.4 Å². The molecule has 0 unspecified atom stereocenters. The number of nitrogens with one attached hydrogen (secondary N) is 3. The minimum Gasteiger partial charge on any atom is -0.480 e. The van der Waals surface area contributed by atoms with E-state index in [0.717, 1.165) is 23.0 Å². The monoisotopic (exact) mass is 301 g/mol. The zero-order valence-corrected chi connectivity index (χ0v) is 12.1. The largest absolute Gasteiger partial charge is 0.480 e. The van der Waals surface area contributed by atoms with Gasteiger partial charge in [0.25, 0.3) is 0 Å². The van der Waals surface area contributed by atoms with Gasteiger partial charge in [-0.15, -0.1) is 0 Å². The normalized spacial score (nSPS) is 21.1. The second-order valence-corrected chi connectivity index (χ2v) is 5.61. The van der Waals surface area contributed by atoms with Gasteiger partial charge in [0.15, 0.2) is 0 Å². The predicted octanol–water partition coefficient (Wildman–Crippen LogP) is 1.03. The molecular weight excluding hydrogens is 282 g/mol. The number of H-pyrrole nitrogens is 1. The molecule has 6 nitrogen and oxygen atoms in total. The molecule has 0 radical (unpaired) electrons. The van der Waals surface area contributed by atoms with E-state index in [1.807, 2.05) is 24.3 Å². The van der Waals surface area contributed by atoms with E-state index >= 15 is 0 Å². The Kier molecular flexibility index (Phi) is 4.11. The molecule has 0 aliphatic carbocycles. The van der Waals surface area contributed by atoms with Crippen LogP contribution in [0.2, 0.25) is 0 Å². The van der Waals surface area contributed by atoms with Crippen molar-refractivity contribution in [3.8, 4) is 0 Å². The van der Waals surface area contributed by atoms with Gasteiger partial charge in [-0.05, 0) is 30.4 Å². The van der Waals surface area contributed by atoms with Crippen LogP contribution in [0.4, 0.5) is 0 Å². The Morgan fingerprint density at radius 3 is 2.73 bits per heavy atom. The number of benzene rings is 1. The lowest BCUT2D eigenvalue weighted by atomic mass is 10.2. The number of aromatic nitrogens is 1. The molecule has 2 aromatic rings. The lowest BCUT2D eigenvalue weighted by Gasteiger charge is -2.12. The summed E-state index contributed by atoms with van der Waals surface area (Å²) in [4.78, 5) is 26.2. The van der Waals surface area contributed by atoms with Crippen molar-refractivity contribution in [2.45, 2.75) is 31.3 Å².